The van der Waals surface area contributed by atoms with Crippen molar-refractivity contribution in [3.63, 3.8) is 0 Å². The molecule has 2 N–H and O–H groups in total. The number of aromatic nitrogens is 1. The lowest BCUT2D eigenvalue weighted by Gasteiger charge is -2.38. The van der Waals surface area contributed by atoms with E-state index in [2.05, 4.69) is 10.3 Å². The fraction of sp³-hybridized carbons (Fsp3) is 0.226. The van der Waals surface area contributed by atoms with Gasteiger partial charge in [-0.1, -0.05) is 42.5 Å². The third kappa shape index (κ3) is 4.62. The summed E-state index contributed by atoms with van der Waals surface area (Å²) in [6.07, 6.45) is 0.561. The topological polar surface area (TPSA) is 121 Å². The maximum absolute atomic E-state index is 13.6. The van der Waals surface area contributed by atoms with Crippen molar-refractivity contribution in [1.82, 2.24) is 14.8 Å². The van der Waals surface area contributed by atoms with Gasteiger partial charge in [-0.2, -0.15) is 0 Å². The molecule has 3 amide bonds. The maximum Gasteiger partial charge on any atom is 0.356 e. The number of ether oxygens (including phenoxy) is 2. The van der Waals surface area contributed by atoms with Crippen molar-refractivity contribution in [2.24, 2.45) is 0 Å². The Morgan fingerprint density at radius 1 is 0.927 bits per heavy atom. The number of benzene rings is 3. The minimum Gasteiger partial charge on any atom is -0.496 e. The number of rotatable bonds is 7. The zero-order chi connectivity index (χ0) is 28.7. The van der Waals surface area contributed by atoms with Crippen molar-refractivity contribution in [1.29, 1.82) is 0 Å². The number of imide groups is 1. The number of hydrogen-bond acceptors (Lipinski definition) is 7. The van der Waals surface area contributed by atoms with Gasteiger partial charge in [0.1, 0.15) is 11.4 Å². The molecule has 208 valence electrons. The number of methoxy groups -OCH3 is 2. The fourth-order valence-corrected chi connectivity index (χ4v) is 5.75. The highest BCUT2D eigenvalue weighted by atomic mass is 16.5. The monoisotopic (exact) mass is 552 g/mol. The summed E-state index contributed by atoms with van der Waals surface area (Å²) >= 11 is 0. The summed E-state index contributed by atoms with van der Waals surface area (Å²) in [5.74, 6) is -1.17. The van der Waals surface area contributed by atoms with E-state index in [9.17, 15) is 19.2 Å². The second kappa shape index (κ2) is 10.5. The van der Waals surface area contributed by atoms with Gasteiger partial charge in [0, 0.05) is 19.1 Å². The van der Waals surface area contributed by atoms with Crippen LogP contribution in [0.1, 0.15) is 42.3 Å². The average Bonchev–Trinajstić information content (AvgIpc) is 3.47. The van der Waals surface area contributed by atoms with Crippen LogP contribution in [0.2, 0.25) is 0 Å². The Balaban J connectivity index is 1.29. The molecule has 0 saturated carbocycles. The lowest BCUT2D eigenvalue weighted by molar-refractivity contribution is -0.118. The molecule has 0 spiro atoms. The maximum atomic E-state index is 13.6. The molecule has 0 radical (unpaired) electrons. The zero-order valence-electron chi connectivity index (χ0n) is 22.6. The van der Waals surface area contributed by atoms with Crippen LogP contribution in [0.5, 0.6) is 5.75 Å². The highest BCUT2D eigenvalue weighted by Gasteiger charge is 2.39. The zero-order valence-corrected chi connectivity index (χ0v) is 22.6. The summed E-state index contributed by atoms with van der Waals surface area (Å²) in [7, 11) is 2.78. The molecule has 4 aromatic rings. The first-order valence-corrected chi connectivity index (χ1v) is 13.2. The molecule has 3 heterocycles. The molecular weight excluding hydrogens is 524 g/mol. The highest BCUT2D eigenvalue weighted by Crippen LogP contribution is 2.36. The number of nitrogens with one attached hydrogen (secondary N) is 2. The van der Waals surface area contributed by atoms with Gasteiger partial charge in [-0.25, -0.2) is 4.79 Å². The molecule has 10 nitrogen and oxygen atoms in total. The van der Waals surface area contributed by atoms with E-state index < -0.39 is 5.97 Å². The van der Waals surface area contributed by atoms with E-state index in [0.717, 1.165) is 11.1 Å². The molecular formula is C31H28N4O6. The van der Waals surface area contributed by atoms with E-state index in [-0.39, 0.29) is 48.2 Å². The molecule has 0 fully saturated rings. The van der Waals surface area contributed by atoms with E-state index in [1.165, 1.54) is 19.1 Å². The Morgan fingerprint density at radius 3 is 2.29 bits per heavy atom. The van der Waals surface area contributed by atoms with Crippen LogP contribution in [-0.2, 0) is 22.5 Å². The Hall–Kier alpha value is -4.96. The van der Waals surface area contributed by atoms with Crippen molar-refractivity contribution < 1.29 is 28.7 Å². The molecule has 1 aromatic heterocycles. The van der Waals surface area contributed by atoms with Gasteiger partial charge in [-0.05, 0) is 41.8 Å². The molecule has 1 atom stereocenters. The Bertz CT molecular complexity index is 1680. The normalized spacial score (nSPS) is 16.4. The van der Waals surface area contributed by atoms with Gasteiger partial charge < -0.3 is 19.8 Å². The van der Waals surface area contributed by atoms with E-state index in [1.54, 1.807) is 42.5 Å². The number of aromatic amines is 1. The first-order chi connectivity index (χ1) is 19.9. The molecule has 0 unspecified atom stereocenters. The van der Waals surface area contributed by atoms with Crippen LogP contribution < -0.4 is 10.1 Å². The number of H-pyrrole nitrogens is 1. The predicted molar refractivity (Wildman–Crippen MR) is 151 cm³/mol. The Morgan fingerprint density at radius 2 is 1.61 bits per heavy atom. The smallest absolute Gasteiger partial charge is 0.356 e. The van der Waals surface area contributed by atoms with Gasteiger partial charge in [0.2, 0.25) is 5.91 Å². The average molecular weight is 553 g/mol. The molecule has 0 aliphatic carbocycles. The molecule has 0 saturated heterocycles. The lowest BCUT2D eigenvalue weighted by Crippen LogP contribution is -2.51. The SMILES string of the molecule is COC(=O)c1[nH]c2cccc(OC)c2c1NC(=O)CN1Cc2ccccc2C[C@H]1CN1C(=O)c2ccccc2C1=O. The molecule has 0 bridgehead atoms. The number of nitrogens with zero attached hydrogens (tertiary/aromatic N) is 2. The number of anilines is 1. The summed E-state index contributed by atoms with van der Waals surface area (Å²) in [5.41, 5.74) is 3.94. The quantitative estimate of drug-likeness (QED) is 0.265. The molecule has 2 aliphatic rings. The van der Waals surface area contributed by atoms with Gasteiger partial charge in [0.25, 0.3) is 11.8 Å². The Kier molecular flexibility index (Phi) is 6.76. The summed E-state index contributed by atoms with van der Waals surface area (Å²) < 4.78 is 10.4. The minimum atomic E-state index is -0.631. The van der Waals surface area contributed by atoms with E-state index >= 15 is 0 Å². The van der Waals surface area contributed by atoms with E-state index in [0.29, 0.717) is 40.7 Å². The van der Waals surface area contributed by atoms with Gasteiger partial charge in [0.05, 0.1) is 48.5 Å². The highest BCUT2D eigenvalue weighted by molar-refractivity contribution is 6.21. The molecule has 10 heteroatoms. The van der Waals surface area contributed by atoms with Crippen LogP contribution in [0.25, 0.3) is 10.9 Å². The summed E-state index contributed by atoms with van der Waals surface area (Å²) in [6.45, 7) is 0.561. The molecule has 6 rings (SSSR count). The number of esters is 1. The molecule has 3 aromatic carbocycles. The third-order valence-electron chi connectivity index (χ3n) is 7.74. The standard InChI is InChI=1S/C31H28N4O6/c1-40-24-13-7-12-23-26(24)27(28(32-23)31(39)41-2)33-25(36)17-34-15-19-9-4-3-8-18(19)14-20(34)16-35-29(37)21-10-5-6-11-22(21)30(35)38/h3-13,20,32H,14-17H2,1-2H3,(H,33,36)/t20-/m0/s1. The summed E-state index contributed by atoms with van der Waals surface area (Å²) in [5, 5.41) is 3.45. The fourth-order valence-electron chi connectivity index (χ4n) is 5.75. The van der Waals surface area contributed by atoms with Crippen LogP contribution in [0.3, 0.4) is 0 Å². The van der Waals surface area contributed by atoms with Crippen LogP contribution in [0.15, 0.2) is 66.7 Å². The summed E-state index contributed by atoms with van der Waals surface area (Å²) in [4.78, 5) is 58.7. The van der Waals surface area contributed by atoms with Gasteiger partial charge in [-0.3, -0.25) is 24.2 Å². The van der Waals surface area contributed by atoms with E-state index in [1.807, 2.05) is 29.2 Å². The van der Waals surface area contributed by atoms with Gasteiger partial charge >= 0.3 is 5.97 Å². The largest absolute Gasteiger partial charge is 0.496 e. The first-order valence-electron chi connectivity index (χ1n) is 13.2. The number of amides is 3. The van der Waals surface area contributed by atoms with Crippen molar-refractivity contribution in [3.05, 3.63) is 94.7 Å². The number of fused-ring (bicyclic) bond motifs is 3. The lowest BCUT2D eigenvalue weighted by atomic mass is 9.93. The van der Waals surface area contributed by atoms with Crippen LogP contribution in [-0.4, -0.2) is 71.8 Å². The number of carbonyl (C=O) groups is 4. The van der Waals surface area contributed by atoms with Crippen LogP contribution in [0, 0.1) is 0 Å². The van der Waals surface area contributed by atoms with E-state index in [4.69, 9.17) is 9.47 Å². The van der Waals surface area contributed by atoms with Crippen molar-refractivity contribution in [2.45, 2.75) is 19.0 Å². The van der Waals surface area contributed by atoms with Crippen LogP contribution >= 0.6 is 0 Å². The van der Waals surface area contributed by atoms with Gasteiger partial charge in [0.15, 0.2) is 0 Å². The van der Waals surface area contributed by atoms with Crippen molar-refractivity contribution >= 4 is 40.3 Å². The number of carbonyl (C=O) groups excluding carboxylic acids is 4. The predicted octanol–water partition coefficient (Wildman–Crippen LogP) is 3.62. The molecule has 41 heavy (non-hydrogen) atoms. The molecule has 2 aliphatic heterocycles. The number of hydrogen-bond donors (Lipinski definition) is 2. The second-order valence-electron chi connectivity index (χ2n) is 10.1. The third-order valence-corrected chi connectivity index (χ3v) is 7.74. The van der Waals surface area contributed by atoms with Crippen molar-refractivity contribution in [2.75, 3.05) is 32.6 Å². The van der Waals surface area contributed by atoms with Gasteiger partial charge in [-0.15, -0.1) is 0 Å². The Labute approximate surface area is 235 Å². The minimum absolute atomic E-state index is 0.0371. The summed E-state index contributed by atoms with van der Waals surface area (Å²) in [6, 6.07) is 19.7. The van der Waals surface area contributed by atoms with Crippen molar-refractivity contribution in [3.8, 4) is 5.75 Å². The second-order valence-corrected chi connectivity index (χ2v) is 10.1. The van der Waals surface area contributed by atoms with Crippen LogP contribution in [0.4, 0.5) is 5.69 Å². The first kappa shape index (κ1) is 26.3.